The van der Waals surface area contributed by atoms with Crippen LogP contribution in [-0.2, 0) is 4.74 Å². The summed E-state index contributed by atoms with van der Waals surface area (Å²) in [6.07, 6.45) is 3.62. The van der Waals surface area contributed by atoms with Crippen LogP contribution in [0.4, 0.5) is 0 Å². The predicted octanol–water partition coefficient (Wildman–Crippen LogP) is 3.73. The van der Waals surface area contributed by atoms with Gasteiger partial charge in [-0.1, -0.05) is 33.6 Å². The number of hydrogen-bond acceptors (Lipinski definition) is 4. The van der Waals surface area contributed by atoms with E-state index in [0.29, 0.717) is 12.0 Å². The Morgan fingerprint density at radius 1 is 1.44 bits per heavy atom. The molecule has 0 radical (unpaired) electrons. The Morgan fingerprint density at radius 2 is 2.22 bits per heavy atom. The second kappa shape index (κ2) is 8.62. The molecule has 0 aliphatic rings. The predicted molar refractivity (Wildman–Crippen MR) is 78.3 cm³/mol. The number of aromatic nitrogens is 1. The normalized spacial score (nSPS) is 13.2. The second-order valence-electron chi connectivity index (χ2n) is 4.91. The van der Waals surface area contributed by atoms with Crippen LogP contribution in [0.2, 0.25) is 0 Å². The molecule has 0 aromatic carbocycles. The molecule has 0 saturated heterocycles. The molecule has 1 unspecified atom stereocenters. The minimum atomic E-state index is 0.387. The molecule has 104 valence electrons. The molecule has 3 nitrogen and oxygen atoms in total. The van der Waals surface area contributed by atoms with E-state index in [2.05, 4.69) is 31.5 Å². The third-order valence-corrected chi connectivity index (χ3v) is 3.95. The first kappa shape index (κ1) is 15.6. The first-order chi connectivity index (χ1) is 8.69. The lowest BCUT2D eigenvalue weighted by Crippen LogP contribution is -2.25. The lowest BCUT2D eigenvalue weighted by molar-refractivity contribution is 0.195. The number of unbranched alkanes of at least 4 members (excludes halogenated alkanes) is 1. The summed E-state index contributed by atoms with van der Waals surface area (Å²) in [5.74, 6) is 0.515. The van der Waals surface area contributed by atoms with Crippen LogP contribution in [0, 0.1) is 0 Å². The number of hydrogen-bond donors (Lipinski definition) is 1. The smallest absolute Gasteiger partial charge is 0.110 e. The Hall–Kier alpha value is -0.450. The summed E-state index contributed by atoms with van der Waals surface area (Å²) in [7, 11) is 1.74. The maximum atomic E-state index is 5.10. The highest BCUT2D eigenvalue weighted by Crippen LogP contribution is 2.25. The number of thiazole rings is 1. The molecule has 0 fully saturated rings. The molecule has 1 rings (SSSR count). The summed E-state index contributed by atoms with van der Waals surface area (Å²) in [6.45, 7) is 8.26. The van der Waals surface area contributed by atoms with E-state index in [0.717, 1.165) is 19.6 Å². The van der Waals surface area contributed by atoms with Crippen LogP contribution in [0.1, 0.15) is 62.7 Å². The largest absolute Gasteiger partial charge is 0.383 e. The van der Waals surface area contributed by atoms with Gasteiger partial charge in [-0.3, -0.25) is 0 Å². The second-order valence-corrected chi connectivity index (χ2v) is 5.80. The van der Waals surface area contributed by atoms with E-state index >= 15 is 0 Å². The van der Waals surface area contributed by atoms with E-state index in [1.807, 2.05) is 0 Å². The maximum absolute atomic E-state index is 5.10. The van der Waals surface area contributed by atoms with Gasteiger partial charge in [0.05, 0.1) is 18.3 Å². The fraction of sp³-hybridized carbons (Fsp3) is 0.786. The van der Waals surface area contributed by atoms with Gasteiger partial charge >= 0.3 is 0 Å². The number of nitrogens with one attached hydrogen (secondary N) is 1. The summed E-state index contributed by atoms with van der Waals surface area (Å²) < 4.78 is 5.10. The molecule has 4 heteroatoms. The van der Waals surface area contributed by atoms with Gasteiger partial charge in [0.15, 0.2) is 0 Å². The van der Waals surface area contributed by atoms with Gasteiger partial charge in [0.2, 0.25) is 0 Å². The van der Waals surface area contributed by atoms with Gasteiger partial charge in [0.25, 0.3) is 0 Å². The van der Waals surface area contributed by atoms with Crippen molar-refractivity contribution in [1.29, 1.82) is 0 Å². The number of nitrogens with zero attached hydrogens (tertiary/aromatic N) is 1. The molecular formula is C14H26N2OS. The maximum Gasteiger partial charge on any atom is 0.110 e. The minimum Gasteiger partial charge on any atom is -0.383 e. The lowest BCUT2D eigenvalue weighted by Gasteiger charge is -2.16. The van der Waals surface area contributed by atoms with Gasteiger partial charge in [0, 0.05) is 19.0 Å². The Labute approximate surface area is 115 Å². The average molecular weight is 270 g/mol. The molecule has 1 N–H and O–H groups in total. The fourth-order valence-electron chi connectivity index (χ4n) is 1.78. The average Bonchev–Trinajstić information content (AvgIpc) is 2.83. The zero-order valence-electron chi connectivity index (χ0n) is 12.0. The molecular weight excluding hydrogens is 244 g/mol. The Bertz CT molecular complexity index is 325. The van der Waals surface area contributed by atoms with Crippen LogP contribution >= 0.6 is 11.3 Å². The third kappa shape index (κ3) is 5.04. The molecule has 1 heterocycles. The Morgan fingerprint density at radius 3 is 2.78 bits per heavy atom. The van der Waals surface area contributed by atoms with Gasteiger partial charge < -0.3 is 10.1 Å². The molecule has 1 atom stereocenters. The van der Waals surface area contributed by atoms with E-state index in [4.69, 9.17) is 9.72 Å². The summed E-state index contributed by atoms with van der Waals surface area (Å²) >= 11 is 1.78. The van der Waals surface area contributed by atoms with Crippen LogP contribution in [-0.4, -0.2) is 25.2 Å². The summed E-state index contributed by atoms with van der Waals surface area (Å²) in [5.41, 5.74) is 1.21. The summed E-state index contributed by atoms with van der Waals surface area (Å²) in [6, 6.07) is 0.387. The van der Waals surface area contributed by atoms with Crippen molar-refractivity contribution < 1.29 is 4.74 Å². The molecule has 0 aliphatic carbocycles. The van der Waals surface area contributed by atoms with E-state index in [-0.39, 0.29) is 0 Å². The van der Waals surface area contributed by atoms with Crippen molar-refractivity contribution in [2.24, 2.45) is 0 Å². The quantitative estimate of drug-likeness (QED) is 0.694. The first-order valence-corrected chi connectivity index (χ1v) is 7.74. The molecule has 18 heavy (non-hydrogen) atoms. The van der Waals surface area contributed by atoms with Crippen LogP contribution < -0.4 is 5.32 Å². The molecule has 0 spiro atoms. The molecule has 0 aliphatic heterocycles. The van der Waals surface area contributed by atoms with Crippen LogP contribution in [0.3, 0.4) is 0 Å². The van der Waals surface area contributed by atoms with Crippen molar-refractivity contribution in [2.75, 3.05) is 20.3 Å². The van der Waals surface area contributed by atoms with Gasteiger partial charge in [-0.2, -0.15) is 0 Å². The topological polar surface area (TPSA) is 34.1 Å². The van der Waals surface area contributed by atoms with Crippen molar-refractivity contribution in [3.05, 3.63) is 16.1 Å². The summed E-state index contributed by atoms with van der Waals surface area (Å²) in [4.78, 5) is 4.76. The molecule has 0 bridgehead atoms. The molecule has 0 saturated carbocycles. The lowest BCUT2D eigenvalue weighted by atomic mass is 10.1. The fourth-order valence-corrected chi connectivity index (χ4v) is 2.87. The number of ether oxygens (including phenoxy) is 1. The third-order valence-electron chi connectivity index (χ3n) is 2.97. The van der Waals surface area contributed by atoms with Crippen LogP contribution in [0.5, 0.6) is 0 Å². The highest BCUT2D eigenvalue weighted by atomic mass is 32.1. The number of methoxy groups -OCH3 is 1. The highest BCUT2D eigenvalue weighted by molar-refractivity contribution is 7.09. The first-order valence-electron chi connectivity index (χ1n) is 6.86. The summed E-state index contributed by atoms with van der Waals surface area (Å²) in [5, 5.41) is 6.96. The van der Waals surface area contributed by atoms with Crippen LogP contribution in [0.25, 0.3) is 0 Å². The van der Waals surface area contributed by atoms with E-state index < -0.39 is 0 Å². The standard InChI is InChI=1S/C14H26N2OS/c1-5-6-7-12(15-8-9-17-4)14-16-13(10-18-14)11(2)3/h10-12,15H,5-9H2,1-4H3. The van der Waals surface area contributed by atoms with Crippen molar-refractivity contribution in [3.63, 3.8) is 0 Å². The van der Waals surface area contributed by atoms with Gasteiger partial charge in [-0.05, 0) is 12.3 Å². The molecule has 1 aromatic heterocycles. The van der Waals surface area contributed by atoms with E-state index in [1.165, 1.54) is 23.5 Å². The van der Waals surface area contributed by atoms with Crippen molar-refractivity contribution in [3.8, 4) is 0 Å². The van der Waals surface area contributed by atoms with E-state index in [1.54, 1.807) is 18.4 Å². The Balaban J connectivity index is 2.61. The SMILES string of the molecule is CCCCC(NCCOC)c1nc(C(C)C)cs1. The van der Waals surface area contributed by atoms with Crippen molar-refractivity contribution >= 4 is 11.3 Å². The zero-order valence-corrected chi connectivity index (χ0v) is 12.8. The minimum absolute atomic E-state index is 0.387. The Kier molecular flexibility index (Phi) is 7.47. The van der Waals surface area contributed by atoms with Crippen LogP contribution in [0.15, 0.2) is 5.38 Å². The van der Waals surface area contributed by atoms with E-state index in [9.17, 15) is 0 Å². The van der Waals surface area contributed by atoms with Gasteiger partial charge in [-0.25, -0.2) is 4.98 Å². The monoisotopic (exact) mass is 270 g/mol. The van der Waals surface area contributed by atoms with Gasteiger partial charge in [-0.15, -0.1) is 11.3 Å². The highest BCUT2D eigenvalue weighted by Gasteiger charge is 2.15. The zero-order chi connectivity index (χ0) is 13.4. The number of rotatable bonds is 9. The van der Waals surface area contributed by atoms with Gasteiger partial charge in [0.1, 0.15) is 5.01 Å². The molecule has 0 amide bonds. The van der Waals surface area contributed by atoms with Crippen molar-refractivity contribution in [2.45, 2.75) is 52.0 Å². The molecule has 1 aromatic rings. The van der Waals surface area contributed by atoms with Crippen molar-refractivity contribution in [1.82, 2.24) is 10.3 Å².